The lowest BCUT2D eigenvalue weighted by Gasteiger charge is -2.73. The summed E-state index contributed by atoms with van der Waals surface area (Å²) in [5.41, 5.74) is 3.00. The van der Waals surface area contributed by atoms with E-state index in [1.54, 1.807) is 6.20 Å². The molecule has 1 amide bonds. The quantitative estimate of drug-likeness (QED) is 0.341. The Kier molecular flexibility index (Phi) is 7.12. The minimum absolute atomic E-state index is 0.0175. The van der Waals surface area contributed by atoms with Crippen molar-refractivity contribution >= 4 is 5.91 Å². The maximum atomic E-state index is 15.5. The lowest BCUT2D eigenvalue weighted by atomic mass is 9.32. The molecule has 6 aliphatic carbocycles. The first-order valence-electron chi connectivity index (χ1n) is 20.2. The molecule has 2 aromatic rings. The van der Waals surface area contributed by atoms with E-state index in [1.165, 1.54) is 57.8 Å². The Hall–Kier alpha value is -2.21. The van der Waals surface area contributed by atoms with Crippen LogP contribution in [0.15, 0.2) is 30.7 Å². The van der Waals surface area contributed by atoms with Crippen LogP contribution in [-0.2, 0) is 4.79 Å². The normalized spacial score (nSPS) is 46.3. The number of rotatable bonds is 4. The van der Waals surface area contributed by atoms with Gasteiger partial charge in [-0.25, -0.2) is 4.98 Å². The van der Waals surface area contributed by atoms with Gasteiger partial charge in [0.05, 0.1) is 29.5 Å². The van der Waals surface area contributed by atoms with Crippen molar-refractivity contribution in [3.8, 4) is 11.3 Å². The van der Waals surface area contributed by atoms with Crippen LogP contribution >= 0.6 is 0 Å². The molecule has 1 aliphatic heterocycles. The average molecular weight is 667 g/mol. The van der Waals surface area contributed by atoms with Gasteiger partial charge in [-0.3, -0.25) is 9.78 Å². The molecule has 0 spiro atoms. The van der Waals surface area contributed by atoms with Crippen molar-refractivity contribution in [1.29, 1.82) is 0 Å². The van der Waals surface area contributed by atoms with Gasteiger partial charge >= 0.3 is 0 Å². The van der Waals surface area contributed by atoms with Crippen molar-refractivity contribution in [2.75, 3.05) is 6.54 Å². The smallest absolute Gasteiger partial charge is 0.229 e. The van der Waals surface area contributed by atoms with E-state index in [0.29, 0.717) is 40.9 Å². The number of aromatic nitrogens is 3. The van der Waals surface area contributed by atoms with Gasteiger partial charge in [0, 0.05) is 24.5 Å². The van der Waals surface area contributed by atoms with Gasteiger partial charge in [-0.1, -0.05) is 41.5 Å². The van der Waals surface area contributed by atoms with Crippen LogP contribution in [0.4, 0.5) is 0 Å². The fourth-order valence-electron chi connectivity index (χ4n) is 15.1. The highest BCUT2D eigenvalue weighted by molar-refractivity contribution is 5.84. The third-order valence-corrected chi connectivity index (χ3v) is 18.2. The van der Waals surface area contributed by atoms with Crippen molar-refractivity contribution < 1.29 is 9.90 Å². The van der Waals surface area contributed by atoms with Gasteiger partial charge in [0.1, 0.15) is 5.82 Å². The molecule has 0 bridgehead atoms. The SMILES string of the molecule is CC1([C@@H]2CC[C@]3(C(=O)N4CCCC4c4ncc(-c5cccnc5)[nH]4)CC[C@]4(C)[C@H](CC[C@@H]5[C@@]6(C)CC[C@H](O)C(C)(C)[C@@H]6CC[C@]54C)[C@@H]23)CC1. The van der Waals surface area contributed by atoms with Crippen molar-refractivity contribution in [2.45, 2.75) is 144 Å². The first-order chi connectivity index (χ1) is 23.3. The molecular weight excluding hydrogens is 604 g/mol. The summed E-state index contributed by atoms with van der Waals surface area (Å²) in [6.45, 7) is 16.2. The first kappa shape index (κ1) is 32.7. The summed E-state index contributed by atoms with van der Waals surface area (Å²) in [5, 5.41) is 11.2. The summed E-state index contributed by atoms with van der Waals surface area (Å²) in [7, 11) is 0. The molecule has 11 atom stereocenters. The summed E-state index contributed by atoms with van der Waals surface area (Å²) in [4.78, 5) is 30.6. The van der Waals surface area contributed by atoms with Crippen LogP contribution in [0.25, 0.3) is 11.3 Å². The zero-order valence-corrected chi connectivity index (χ0v) is 31.2. The number of nitrogens with zero attached hydrogens (tertiary/aromatic N) is 3. The molecule has 266 valence electrons. The fourth-order valence-corrected chi connectivity index (χ4v) is 15.1. The Bertz CT molecular complexity index is 1610. The predicted molar refractivity (Wildman–Crippen MR) is 193 cm³/mol. The van der Waals surface area contributed by atoms with Gasteiger partial charge in [0.2, 0.25) is 5.91 Å². The summed E-state index contributed by atoms with van der Waals surface area (Å²) in [5.74, 6) is 4.47. The number of carbonyl (C=O) groups excluding carboxylic acids is 1. The second kappa shape index (κ2) is 10.7. The minimum Gasteiger partial charge on any atom is -0.393 e. The van der Waals surface area contributed by atoms with Crippen LogP contribution in [0, 0.1) is 62.1 Å². The molecule has 6 heteroatoms. The van der Waals surface area contributed by atoms with E-state index in [0.717, 1.165) is 55.7 Å². The molecule has 1 saturated heterocycles. The first-order valence-corrected chi connectivity index (χ1v) is 20.2. The van der Waals surface area contributed by atoms with Crippen molar-refractivity contribution in [1.82, 2.24) is 19.9 Å². The number of H-pyrrole nitrogens is 1. The highest BCUT2D eigenvalue weighted by Crippen LogP contribution is 2.79. The molecule has 49 heavy (non-hydrogen) atoms. The van der Waals surface area contributed by atoms with Gasteiger partial charge in [0.15, 0.2) is 0 Å². The largest absolute Gasteiger partial charge is 0.393 e. The van der Waals surface area contributed by atoms with Gasteiger partial charge < -0.3 is 15.0 Å². The van der Waals surface area contributed by atoms with Crippen molar-refractivity contribution in [2.24, 2.45) is 62.1 Å². The van der Waals surface area contributed by atoms with E-state index in [-0.39, 0.29) is 39.2 Å². The predicted octanol–water partition coefficient (Wildman–Crippen LogP) is 9.38. The maximum absolute atomic E-state index is 15.5. The molecule has 2 aromatic heterocycles. The highest BCUT2D eigenvalue weighted by atomic mass is 16.3. The standard InChI is InChI=1S/C43H62N4O2/c1-38(2)32-14-17-42(6)33(40(32,4)16-15-34(38)48)12-11-29-35-28(39(3)19-20-39)13-18-43(35,22-21-41(29,42)5)37(49)47-24-8-10-31(47)36-45-26-30(46-36)27-9-7-23-44-25-27/h7,9,23,25-26,28-29,31-35,48H,8,10-22,24H2,1-6H3,(H,45,46)/t28-,29-,31?,32+,33-,34+,35-,40+,41-,42-,43+/m1/s1. The topological polar surface area (TPSA) is 82.1 Å². The van der Waals surface area contributed by atoms with Gasteiger partial charge in [-0.15, -0.1) is 0 Å². The number of hydrogen-bond acceptors (Lipinski definition) is 4. The van der Waals surface area contributed by atoms with Crippen molar-refractivity contribution in [3.05, 3.63) is 36.5 Å². The van der Waals surface area contributed by atoms with E-state index in [9.17, 15) is 5.11 Å². The molecule has 0 radical (unpaired) electrons. The number of carbonyl (C=O) groups is 1. The second-order valence-electron chi connectivity index (χ2n) is 20.1. The number of aliphatic hydroxyl groups excluding tert-OH is 1. The highest BCUT2D eigenvalue weighted by Gasteiger charge is 2.73. The van der Waals surface area contributed by atoms with Crippen LogP contribution < -0.4 is 0 Å². The second-order valence-corrected chi connectivity index (χ2v) is 20.1. The Morgan fingerprint density at radius 3 is 2.41 bits per heavy atom. The van der Waals surface area contributed by atoms with Gasteiger partial charge in [0.25, 0.3) is 0 Å². The molecule has 2 N–H and O–H groups in total. The lowest BCUT2D eigenvalue weighted by molar-refractivity contribution is -0.249. The van der Waals surface area contributed by atoms with Crippen LogP contribution in [-0.4, -0.2) is 43.5 Å². The molecule has 7 fully saturated rings. The molecular formula is C43H62N4O2. The number of likely N-dealkylation sites (tertiary alicyclic amines) is 1. The molecule has 7 aliphatic rings. The summed E-state index contributed by atoms with van der Waals surface area (Å²) in [6, 6.07) is 4.07. The summed E-state index contributed by atoms with van der Waals surface area (Å²) >= 11 is 0. The van der Waals surface area contributed by atoms with E-state index in [1.807, 2.05) is 18.5 Å². The van der Waals surface area contributed by atoms with Crippen LogP contribution in [0.5, 0.6) is 0 Å². The number of aromatic amines is 1. The molecule has 0 aromatic carbocycles. The zero-order chi connectivity index (χ0) is 34.2. The molecule has 6 nitrogen and oxygen atoms in total. The lowest BCUT2D eigenvalue weighted by Crippen LogP contribution is -2.67. The fraction of sp³-hybridized carbons (Fsp3) is 0.791. The maximum Gasteiger partial charge on any atom is 0.229 e. The van der Waals surface area contributed by atoms with E-state index >= 15 is 4.79 Å². The molecule has 9 rings (SSSR count). The van der Waals surface area contributed by atoms with Crippen LogP contribution in [0.1, 0.15) is 143 Å². The summed E-state index contributed by atoms with van der Waals surface area (Å²) < 4.78 is 0. The number of amides is 1. The van der Waals surface area contributed by atoms with Gasteiger partial charge in [-0.2, -0.15) is 0 Å². The monoisotopic (exact) mass is 666 g/mol. The molecule has 3 heterocycles. The average Bonchev–Trinajstić information content (AvgIpc) is 3.48. The van der Waals surface area contributed by atoms with E-state index in [4.69, 9.17) is 4.98 Å². The number of imidazole rings is 1. The Labute approximate surface area is 295 Å². The Morgan fingerprint density at radius 1 is 0.837 bits per heavy atom. The third-order valence-electron chi connectivity index (χ3n) is 18.2. The minimum atomic E-state index is -0.233. The number of fused-ring (bicyclic) bond motifs is 7. The summed E-state index contributed by atoms with van der Waals surface area (Å²) in [6.07, 6.45) is 21.9. The zero-order valence-electron chi connectivity index (χ0n) is 31.2. The number of hydrogen-bond donors (Lipinski definition) is 2. The number of pyridine rings is 1. The van der Waals surface area contributed by atoms with Crippen LogP contribution in [0.2, 0.25) is 0 Å². The van der Waals surface area contributed by atoms with Gasteiger partial charge in [-0.05, 0) is 159 Å². The Morgan fingerprint density at radius 2 is 1.65 bits per heavy atom. The third kappa shape index (κ3) is 4.31. The molecule has 6 saturated carbocycles. The van der Waals surface area contributed by atoms with E-state index < -0.39 is 0 Å². The number of nitrogens with one attached hydrogen (secondary N) is 1. The van der Waals surface area contributed by atoms with E-state index in [2.05, 4.69) is 62.5 Å². The number of aliphatic hydroxyl groups is 1. The van der Waals surface area contributed by atoms with Crippen LogP contribution in [0.3, 0.4) is 0 Å². The Balaban J connectivity index is 1.06. The molecule has 1 unspecified atom stereocenters. The van der Waals surface area contributed by atoms with Crippen molar-refractivity contribution in [3.63, 3.8) is 0 Å².